The molecular weight excluding hydrogens is 124 g/mol. The fourth-order valence-electron chi connectivity index (χ4n) is 1.83. The quantitative estimate of drug-likeness (QED) is 0.553. The molecule has 10 heavy (non-hydrogen) atoms. The molecule has 58 valence electrons. The van der Waals surface area contributed by atoms with E-state index in [0.717, 1.165) is 18.4 Å². The number of hydrogen-bond donors (Lipinski definition) is 1. The summed E-state index contributed by atoms with van der Waals surface area (Å²) in [5.74, 6) is 0. The first-order valence-corrected chi connectivity index (χ1v) is 3.74. The molecule has 0 radical (unpaired) electrons. The van der Waals surface area contributed by atoms with Gasteiger partial charge in [-0.1, -0.05) is 20.4 Å². The molecule has 1 aliphatic rings. The molecule has 1 fully saturated rings. The van der Waals surface area contributed by atoms with Crippen molar-refractivity contribution in [3.63, 3.8) is 0 Å². The van der Waals surface area contributed by atoms with Crippen molar-refractivity contribution in [3.05, 3.63) is 12.2 Å². The zero-order valence-electron chi connectivity index (χ0n) is 7.07. The van der Waals surface area contributed by atoms with Gasteiger partial charge in [-0.3, -0.25) is 0 Å². The van der Waals surface area contributed by atoms with Gasteiger partial charge in [0.15, 0.2) is 0 Å². The van der Waals surface area contributed by atoms with E-state index in [4.69, 9.17) is 0 Å². The molecule has 0 heterocycles. The summed E-state index contributed by atoms with van der Waals surface area (Å²) in [5, 5.41) is 9.72. The lowest BCUT2D eigenvalue weighted by molar-refractivity contribution is -0.0825. The van der Waals surface area contributed by atoms with E-state index in [0.29, 0.717) is 5.41 Å². The molecule has 0 aliphatic heterocycles. The summed E-state index contributed by atoms with van der Waals surface area (Å²) in [6, 6.07) is 0. The van der Waals surface area contributed by atoms with Crippen molar-refractivity contribution >= 4 is 0 Å². The molecule has 0 aromatic rings. The van der Waals surface area contributed by atoms with Gasteiger partial charge < -0.3 is 5.11 Å². The van der Waals surface area contributed by atoms with Gasteiger partial charge >= 0.3 is 0 Å². The van der Waals surface area contributed by atoms with E-state index in [-0.39, 0.29) is 0 Å². The van der Waals surface area contributed by atoms with Crippen LogP contribution in [0, 0.1) is 5.41 Å². The van der Waals surface area contributed by atoms with Crippen LogP contribution in [0.25, 0.3) is 0 Å². The summed E-state index contributed by atoms with van der Waals surface area (Å²) < 4.78 is 0. The molecule has 1 rings (SSSR count). The average Bonchev–Trinajstić information content (AvgIpc) is 1.59. The second kappa shape index (κ2) is 1.85. The molecule has 0 atom stereocenters. The second-order valence-corrected chi connectivity index (χ2v) is 4.33. The van der Waals surface area contributed by atoms with E-state index in [1.54, 1.807) is 0 Å². The van der Waals surface area contributed by atoms with Crippen molar-refractivity contribution in [2.75, 3.05) is 0 Å². The third kappa shape index (κ3) is 1.10. The van der Waals surface area contributed by atoms with Gasteiger partial charge in [0.05, 0.1) is 5.60 Å². The van der Waals surface area contributed by atoms with Gasteiger partial charge in [0.2, 0.25) is 0 Å². The first kappa shape index (κ1) is 7.80. The summed E-state index contributed by atoms with van der Waals surface area (Å²) in [4.78, 5) is 0. The molecule has 0 aromatic carbocycles. The maximum absolute atomic E-state index is 9.72. The van der Waals surface area contributed by atoms with Crippen molar-refractivity contribution in [1.29, 1.82) is 0 Å². The van der Waals surface area contributed by atoms with Crippen molar-refractivity contribution in [2.45, 2.75) is 39.2 Å². The van der Waals surface area contributed by atoms with Crippen molar-refractivity contribution in [3.8, 4) is 0 Å². The Balaban J connectivity index is 2.58. The van der Waals surface area contributed by atoms with Crippen LogP contribution in [0.1, 0.15) is 33.6 Å². The Morgan fingerprint density at radius 3 is 1.90 bits per heavy atom. The van der Waals surface area contributed by atoms with Crippen LogP contribution in [-0.4, -0.2) is 10.7 Å². The molecule has 0 saturated heterocycles. The van der Waals surface area contributed by atoms with Gasteiger partial charge in [0.1, 0.15) is 0 Å². The highest BCUT2D eigenvalue weighted by atomic mass is 16.3. The highest BCUT2D eigenvalue weighted by molar-refractivity contribution is 5.18. The predicted molar refractivity (Wildman–Crippen MR) is 42.8 cm³/mol. The van der Waals surface area contributed by atoms with Gasteiger partial charge in [0.25, 0.3) is 0 Å². The molecule has 1 heteroatoms. The Bertz CT molecular complexity index is 160. The maximum atomic E-state index is 9.72. The van der Waals surface area contributed by atoms with Crippen LogP contribution in [-0.2, 0) is 0 Å². The number of hydrogen-bond acceptors (Lipinski definition) is 1. The Morgan fingerprint density at radius 2 is 1.80 bits per heavy atom. The minimum Gasteiger partial charge on any atom is -0.385 e. The van der Waals surface area contributed by atoms with Gasteiger partial charge in [-0.15, -0.1) is 0 Å². The van der Waals surface area contributed by atoms with Crippen LogP contribution in [0.4, 0.5) is 0 Å². The SMILES string of the molecule is C=C(C)C1(O)CC(C)(C)C1. The molecule has 1 saturated carbocycles. The lowest BCUT2D eigenvalue weighted by atomic mass is 9.59. The van der Waals surface area contributed by atoms with E-state index < -0.39 is 5.60 Å². The largest absolute Gasteiger partial charge is 0.385 e. The van der Waals surface area contributed by atoms with Crippen molar-refractivity contribution < 1.29 is 5.11 Å². The fraction of sp³-hybridized carbons (Fsp3) is 0.778. The molecular formula is C9H16O. The lowest BCUT2D eigenvalue weighted by Crippen LogP contribution is -2.49. The zero-order valence-corrected chi connectivity index (χ0v) is 7.07. The number of rotatable bonds is 1. The van der Waals surface area contributed by atoms with Crippen LogP contribution in [0.2, 0.25) is 0 Å². The smallest absolute Gasteiger partial charge is 0.0861 e. The maximum Gasteiger partial charge on any atom is 0.0861 e. The van der Waals surface area contributed by atoms with E-state index in [1.807, 2.05) is 6.92 Å². The third-order valence-electron chi connectivity index (χ3n) is 2.34. The normalized spacial score (nSPS) is 27.2. The van der Waals surface area contributed by atoms with Crippen LogP contribution >= 0.6 is 0 Å². The minimum atomic E-state index is -0.538. The van der Waals surface area contributed by atoms with Crippen LogP contribution in [0.3, 0.4) is 0 Å². The monoisotopic (exact) mass is 140 g/mol. The second-order valence-electron chi connectivity index (χ2n) is 4.33. The fourth-order valence-corrected chi connectivity index (χ4v) is 1.83. The average molecular weight is 140 g/mol. The van der Waals surface area contributed by atoms with Crippen LogP contribution < -0.4 is 0 Å². The van der Waals surface area contributed by atoms with Crippen molar-refractivity contribution in [1.82, 2.24) is 0 Å². The lowest BCUT2D eigenvalue weighted by Gasteiger charge is -2.50. The summed E-state index contributed by atoms with van der Waals surface area (Å²) in [6.45, 7) is 10.0. The molecule has 0 aromatic heterocycles. The van der Waals surface area contributed by atoms with E-state index in [9.17, 15) is 5.11 Å². The van der Waals surface area contributed by atoms with Crippen LogP contribution in [0.5, 0.6) is 0 Å². The molecule has 0 unspecified atom stereocenters. The van der Waals surface area contributed by atoms with Gasteiger partial charge in [-0.25, -0.2) is 0 Å². The molecule has 0 bridgehead atoms. The molecule has 0 spiro atoms. The Hall–Kier alpha value is -0.300. The molecule has 1 aliphatic carbocycles. The number of aliphatic hydroxyl groups is 1. The van der Waals surface area contributed by atoms with Gasteiger partial charge in [0, 0.05) is 0 Å². The molecule has 1 nitrogen and oxygen atoms in total. The summed E-state index contributed by atoms with van der Waals surface area (Å²) in [6.07, 6.45) is 1.74. The predicted octanol–water partition coefficient (Wildman–Crippen LogP) is 2.11. The minimum absolute atomic E-state index is 0.327. The van der Waals surface area contributed by atoms with Crippen LogP contribution in [0.15, 0.2) is 12.2 Å². The third-order valence-corrected chi connectivity index (χ3v) is 2.34. The topological polar surface area (TPSA) is 20.2 Å². The first-order chi connectivity index (χ1) is 4.36. The van der Waals surface area contributed by atoms with E-state index >= 15 is 0 Å². The Morgan fingerprint density at radius 1 is 1.40 bits per heavy atom. The zero-order chi connectivity index (χ0) is 7.99. The summed E-state index contributed by atoms with van der Waals surface area (Å²) in [5.41, 5.74) is 0.698. The van der Waals surface area contributed by atoms with E-state index in [1.165, 1.54) is 0 Å². The van der Waals surface area contributed by atoms with Gasteiger partial charge in [-0.05, 0) is 30.8 Å². The Labute approximate surface area is 62.8 Å². The highest BCUT2D eigenvalue weighted by Gasteiger charge is 2.48. The summed E-state index contributed by atoms with van der Waals surface area (Å²) >= 11 is 0. The molecule has 0 amide bonds. The summed E-state index contributed by atoms with van der Waals surface area (Å²) in [7, 11) is 0. The van der Waals surface area contributed by atoms with Crippen molar-refractivity contribution in [2.24, 2.45) is 5.41 Å². The van der Waals surface area contributed by atoms with E-state index in [2.05, 4.69) is 20.4 Å². The standard InChI is InChI=1S/C9H16O/c1-7(2)9(10)5-8(3,4)6-9/h10H,1,5-6H2,2-4H3. The molecule has 1 N–H and O–H groups in total. The van der Waals surface area contributed by atoms with Gasteiger partial charge in [-0.2, -0.15) is 0 Å². The first-order valence-electron chi connectivity index (χ1n) is 3.74. The Kier molecular flexibility index (Phi) is 1.44. The highest BCUT2D eigenvalue weighted by Crippen LogP contribution is 2.50.